The highest BCUT2D eigenvalue weighted by Gasteiger charge is 2.46. The molecule has 1 aromatic heterocycles. The van der Waals surface area contributed by atoms with Crippen molar-refractivity contribution in [1.82, 2.24) is 30.5 Å². The SMILES string of the molecule is CC(=O)N[C@H]1[C@H]([C@H](OC(=O)NCCOCCOCCOCc2cn(CCOCCOCCOCc3ccc(C(=O)N4CCC4=O)cc3)nn2)[C@H](O)CO)OC(C(=O)O)=C[C@@H]1N=C(N)N. The van der Waals surface area contributed by atoms with Crippen LogP contribution < -0.4 is 22.1 Å². The third-order valence-electron chi connectivity index (χ3n) is 9.19. The molecule has 0 spiro atoms. The second kappa shape index (κ2) is 27.4. The lowest BCUT2D eigenvalue weighted by Gasteiger charge is -2.39. The number of aliphatic hydroxyl groups excluding tert-OH is 2. The van der Waals surface area contributed by atoms with Gasteiger partial charge in [-0.2, -0.15) is 0 Å². The number of imide groups is 1. The summed E-state index contributed by atoms with van der Waals surface area (Å²) >= 11 is 0. The second-order valence-electron chi connectivity index (χ2n) is 14.1. The Kier molecular flexibility index (Phi) is 21.8. The van der Waals surface area contributed by atoms with Crippen molar-refractivity contribution in [2.75, 3.05) is 85.8 Å². The van der Waals surface area contributed by atoms with E-state index >= 15 is 0 Å². The maximum absolute atomic E-state index is 12.6. The van der Waals surface area contributed by atoms with E-state index in [4.69, 9.17) is 49.4 Å². The number of aliphatic carboxylic acids is 1. The van der Waals surface area contributed by atoms with Gasteiger partial charge in [0.25, 0.3) is 5.91 Å². The van der Waals surface area contributed by atoms with Gasteiger partial charge in [0.15, 0.2) is 18.2 Å². The number of rotatable bonds is 30. The van der Waals surface area contributed by atoms with Crippen LogP contribution in [0.4, 0.5) is 4.79 Å². The predicted octanol–water partition coefficient (Wildman–Crippen LogP) is -2.59. The molecule has 0 saturated carbocycles. The number of ether oxygens (including phenoxy) is 8. The van der Waals surface area contributed by atoms with Crippen molar-refractivity contribution in [2.45, 2.75) is 63.5 Å². The van der Waals surface area contributed by atoms with E-state index in [0.29, 0.717) is 70.4 Å². The molecule has 3 heterocycles. The van der Waals surface area contributed by atoms with E-state index in [2.05, 4.69) is 25.9 Å². The summed E-state index contributed by atoms with van der Waals surface area (Å²) < 4.78 is 45.7. The Morgan fingerprint density at radius 1 is 0.922 bits per heavy atom. The number of aromatic nitrogens is 3. The first-order valence-corrected chi connectivity index (χ1v) is 20.4. The number of nitrogens with two attached hydrogens (primary N) is 2. The molecule has 4 amide bonds. The van der Waals surface area contributed by atoms with Gasteiger partial charge in [-0.25, -0.2) is 19.3 Å². The van der Waals surface area contributed by atoms with E-state index in [1.165, 1.54) is 11.8 Å². The van der Waals surface area contributed by atoms with Crippen molar-refractivity contribution in [2.24, 2.45) is 16.5 Å². The molecular formula is C39H57N9O16. The zero-order valence-corrected chi connectivity index (χ0v) is 35.4. The van der Waals surface area contributed by atoms with Crippen LogP contribution in [0.2, 0.25) is 0 Å². The molecule has 1 saturated heterocycles. The van der Waals surface area contributed by atoms with Crippen molar-refractivity contribution in [3.63, 3.8) is 0 Å². The smallest absolute Gasteiger partial charge is 0.407 e. The van der Waals surface area contributed by atoms with E-state index in [9.17, 15) is 39.3 Å². The number of amides is 4. The van der Waals surface area contributed by atoms with Crippen LogP contribution in [-0.4, -0.2) is 187 Å². The van der Waals surface area contributed by atoms with Gasteiger partial charge >= 0.3 is 12.1 Å². The first-order valence-electron chi connectivity index (χ1n) is 20.4. The number of carbonyl (C=O) groups excluding carboxylic acids is 4. The standard InChI is InChI=1S/C39H57N9O16/c1-25(50)43-33-29(44-38(40)41)20-31(37(54)55)63-35(33)34(30(51)22-49)64-39(56)42-7-10-57-12-14-59-17-19-62-24-28-21-47(46-45-28)9-11-58-13-15-60-16-18-61-23-26-2-4-27(5-3-26)36(53)48-8-6-32(48)52/h2-5,20-21,29-30,33-35,49,51H,6-19,22-24H2,1H3,(H,42,56)(H,43,50)(H,54,55)(H4,40,41,44)/t29-,30+,33+,34+,35+/m0/s1. The van der Waals surface area contributed by atoms with Crippen LogP contribution >= 0.6 is 0 Å². The summed E-state index contributed by atoms with van der Waals surface area (Å²) in [6.07, 6.45) is -2.82. The van der Waals surface area contributed by atoms with E-state index in [1.54, 1.807) is 35.1 Å². The molecule has 2 aliphatic heterocycles. The van der Waals surface area contributed by atoms with E-state index in [1.807, 2.05) is 0 Å². The summed E-state index contributed by atoms with van der Waals surface area (Å²) in [5, 5.41) is 42.8. The molecule has 0 radical (unpaired) electrons. The fraction of sp³-hybridized carbons (Fsp3) is 0.590. The number of guanidine groups is 1. The number of nitrogens with zero attached hydrogens (tertiary/aromatic N) is 5. The van der Waals surface area contributed by atoms with Crippen LogP contribution in [-0.2, 0) is 72.0 Å². The summed E-state index contributed by atoms with van der Waals surface area (Å²) in [6, 6.07) is 4.59. The molecule has 5 atom stereocenters. The quantitative estimate of drug-likeness (QED) is 0.0139. The highest BCUT2D eigenvalue weighted by Crippen LogP contribution is 2.26. The van der Waals surface area contributed by atoms with Crippen LogP contribution in [0.5, 0.6) is 0 Å². The Bertz CT molecular complexity index is 1860. The van der Waals surface area contributed by atoms with Gasteiger partial charge in [-0.05, 0) is 23.8 Å². The molecule has 4 rings (SSSR count). The van der Waals surface area contributed by atoms with Crippen LogP contribution in [0.1, 0.15) is 35.0 Å². The summed E-state index contributed by atoms with van der Waals surface area (Å²) in [6.45, 7) is 4.85. The molecule has 64 heavy (non-hydrogen) atoms. The lowest BCUT2D eigenvalue weighted by atomic mass is 9.92. The Morgan fingerprint density at radius 2 is 1.55 bits per heavy atom. The largest absolute Gasteiger partial charge is 0.477 e. The number of likely N-dealkylation sites (tertiary alicyclic amines) is 1. The molecule has 9 N–H and O–H groups in total. The number of aliphatic hydroxyl groups is 2. The Hall–Kier alpha value is -5.80. The number of carboxylic acids is 1. The average Bonchev–Trinajstić information content (AvgIpc) is 3.72. The van der Waals surface area contributed by atoms with Crippen molar-refractivity contribution < 1.29 is 77.2 Å². The Labute approximate surface area is 367 Å². The summed E-state index contributed by atoms with van der Waals surface area (Å²) in [7, 11) is 0. The van der Waals surface area contributed by atoms with E-state index in [0.717, 1.165) is 11.6 Å². The monoisotopic (exact) mass is 907 g/mol. The highest BCUT2D eigenvalue weighted by molar-refractivity contribution is 6.07. The molecule has 0 aliphatic carbocycles. The molecule has 25 heteroatoms. The zero-order valence-electron chi connectivity index (χ0n) is 35.4. The van der Waals surface area contributed by atoms with E-state index < -0.39 is 66.7 Å². The predicted molar refractivity (Wildman–Crippen MR) is 219 cm³/mol. The lowest BCUT2D eigenvalue weighted by Crippen LogP contribution is -2.61. The van der Waals surface area contributed by atoms with Gasteiger partial charge < -0.3 is 75.3 Å². The topological polar surface area (TPSA) is 342 Å². The summed E-state index contributed by atoms with van der Waals surface area (Å²) in [5.41, 5.74) is 13.0. The van der Waals surface area contributed by atoms with Gasteiger partial charge in [-0.3, -0.25) is 19.3 Å². The molecule has 354 valence electrons. The maximum atomic E-state index is 12.6. The fourth-order valence-electron chi connectivity index (χ4n) is 6.00. The number of hydrogen-bond donors (Lipinski definition) is 7. The van der Waals surface area contributed by atoms with Crippen molar-refractivity contribution in [1.29, 1.82) is 0 Å². The number of benzene rings is 1. The number of nitrogens with one attached hydrogen (secondary N) is 2. The number of carboxylic acid groups (broad SMARTS) is 1. The van der Waals surface area contributed by atoms with Gasteiger partial charge in [0, 0.05) is 32.0 Å². The second-order valence-corrected chi connectivity index (χ2v) is 14.1. The fourth-order valence-corrected chi connectivity index (χ4v) is 6.00. The molecule has 0 unspecified atom stereocenters. The number of hydrogen-bond acceptors (Lipinski definition) is 18. The van der Waals surface area contributed by atoms with E-state index in [-0.39, 0.29) is 58.0 Å². The number of carbonyl (C=O) groups is 5. The minimum absolute atomic E-state index is 0.0322. The molecule has 1 fully saturated rings. The van der Waals surface area contributed by atoms with Crippen LogP contribution in [0.15, 0.2) is 47.3 Å². The third kappa shape index (κ3) is 17.4. The molecule has 0 bridgehead atoms. The minimum atomic E-state index is -1.76. The Morgan fingerprint density at radius 3 is 2.12 bits per heavy atom. The third-order valence-corrected chi connectivity index (χ3v) is 9.19. The zero-order chi connectivity index (χ0) is 46.3. The van der Waals surface area contributed by atoms with Gasteiger partial charge in [0.2, 0.25) is 17.6 Å². The van der Waals surface area contributed by atoms with Crippen molar-refractivity contribution in [3.8, 4) is 0 Å². The molecular weight excluding hydrogens is 850 g/mol. The first kappa shape index (κ1) is 50.8. The summed E-state index contributed by atoms with van der Waals surface area (Å²) in [4.78, 5) is 65.3. The normalized spacial score (nSPS) is 17.9. The van der Waals surface area contributed by atoms with Crippen molar-refractivity contribution in [3.05, 3.63) is 59.1 Å². The highest BCUT2D eigenvalue weighted by atomic mass is 16.6. The average molecular weight is 908 g/mol. The molecule has 25 nitrogen and oxygen atoms in total. The van der Waals surface area contributed by atoms with Gasteiger partial charge in [-0.1, -0.05) is 17.3 Å². The van der Waals surface area contributed by atoms with Crippen LogP contribution in [0.25, 0.3) is 0 Å². The van der Waals surface area contributed by atoms with Crippen LogP contribution in [0, 0.1) is 0 Å². The number of alkyl carbamates (subject to hydrolysis) is 1. The number of aliphatic imine (C=N–C) groups is 1. The molecule has 2 aromatic rings. The Balaban J connectivity index is 0.979. The molecule has 1 aromatic carbocycles. The summed E-state index contributed by atoms with van der Waals surface area (Å²) in [5.74, 6) is -3.60. The first-order chi connectivity index (χ1) is 30.9. The van der Waals surface area contributed by atoms with Gasteiger partial charge in [0.1, 0.15) is 11.8 Å². The number of β-lactam (4-membered cyclic amide) rings is 1. The molecule has 2 aliphatic rings. The van der Waals surface area contributed by atoms with Gasteiger partial charge in [-0.15, -0.1) is 5.10 Å². The minimum Gasteiger partial charge on any atom is -0.477 e. The van der Waals surface area contributed by atoms with Crippen LogP contribution in [0.3, 0.4) is 0 Å². The van der Waals surface area contributed by atoms with Crippen molar-refractivity contribution >= 4 is 35.7 Å². The maximum Gasteiger partial charge on any atom is 0.407 e. The van der Waals surface area contributed by atoms with Gasteiger partial charge in [0.05, 0.1) is 111 Å². The lowest BCUT2D eigenvalue weighted by molar-refractivity contribution is -0.146.